The van der Waals surface area contributed by atoms with Gasteiger partial charge in [-0.05, 0) is 37.8 Å². The minimum atomic E-state index is -4.73. The maximum Gasteiger partial charge on any atom is 0.472 e. The second-order valence-electron chi connectivity index (χ2n) is 14.3. The van der Waals surface area contributed by atoms with Gasteiger partial charge >= 0.3 is 7.82 Å². The van der Waals surface area contributed by atoms with E-state index < -0.39 is 59.9 Å². The summed E-state index contributed by atoms with van der Waals surface area (Å²) in [6.45, 7) is 5.06. The fraction of sp³-hybridized carbons (Fsp3) is 0.861. The Kier molecular flexibility index (Phi) is 20.7. The fourth-order valence-corrected chi connectivity index (χ4v) is 9.75. The zero-order valence-electron chi connectivity index (χ0n) is 32.8. The van der Waals surface area contributed by atoms with Gasteiger partial charge in [-0.1, -0.05) is 104 Å². The number of hydrogen-bond acceptors (Lipinski definition) is 13. The van der Waals surface area contributed by atoms with Crippen molar-refractivity contribution >= 4 is 40.4 Å². The molecule has 0 aromatic carbocycles. The van der Waals surface area contributed by atoms with Gasteiger partial charge in [0.05, 0.1) is 43.8 Å². The highest BCUT2D eigenvalue weighted by Gasteiger charge is 2.58. The second-order valence-corrected chi connectivity index (χ2v) is 18.5. The molecular weight excluding hydrogens is 782 g/mol. The van der Waals surface area contributed by atoms with E-state index >= 15 is 4.39 Å². The van der Waals surface area contributed by atoms with Gasteiger partial charge in [0.15, 0.2) is 27.2 Å². The van der Waals surface area contributed by atoms with Gasteiger partial charge < -0.3 is 29.3 Å². The molecule has 7 atom stereocenters. The highest BCUT2D eigenvalue weighted by molar-refractivity contribution is 7.92. The summed E-state index contributed by atoms with van der Waals surface area (Å²) in [5.74, 6) is -3.29. The maximum absolute atomic E-state index is 15.4. The number of methoxy groups -OCH3 is 1. The van der Waals surface area contributed by atoms with Crippen molar-refractivity contribution in [3.63, 3.8) is 0 Å². The molecule has 3 unspecified atom stereocenters. The summed E-state index contributed by atoms with van der Waals surface area (Å²) in [4.78, 5) is 22.2. The molecule has 318 valence electrons. The van der Waals surface area contributed by atoms with Crippen LogP contribution >= 0.6 is 19.4 Å². The van der Waals surface area contributed by atoms with Crippen molar-refractivity contribution < 1.29 is 55.7 Å². The zero-order valence-corrected chi connectivity index (χ0v) is 35.3. The van der Waals surface area contributed by atoms with Gasteiger partial charge in [0, 0.05) is 6.61 Å². The van der Waals surface area contributed by atoms with E-state index in [1.54, 1.807) is 6.92 Å². The molecule has 2 aromatic heterocycles. The summed E-state index contributed by atoms with van der Waals surface area (Å²) < 4.78 is 82.6. The third-order valence-corrected chi connectivity index (χ3v) is 13.5. The maximum atomic E-state index is 15.4. The Balaban J connectivity index is 1.45. The van der Waals surface area contributed by atoms with Crippen LogP contribution in [0.4, 0.5) is 4.39 Å². The SMILES string of the molecule is CCCCCCCCCCCCS(=O)(=O)C(CCCCCCC)C(C)OCCCOP(=O)(O)OC[C@H]1O[C@@H](n2cnc3c(OC)nc(Cl)nc32)[C@](O)(F)[C@@H]1O. The second kappa shape index (κ2) is 23.8. The molecule has 55 heavy (non-hydrogen) atoms. The molecule has 0 amide bonds. The number of nitrogens with zero attached hydrogens (tertiary/aromatic N) is 4. The molecule has 3 N–H and O–H groups in total. The fourth-order valence-electron chi connectivity index (χ4n) is 6.73. The number of aliphatic hydroxyl groups excluding tert-OH is 1. The number of aliphatic hydroxyl groups is 2. The summed E-state index contributed by atoms with van der Waals surface area (Å²) in [6, 6.07) is 0. The number of aromatic nitrogens is 4. The van der Waals surface area contributed by atoms with Crippen LogP contribution in [0.2, 0.25) is 5.28 Å². The Bertz CT molecular complexity index is 1570. The zero-order chi connectivity index (χ0) is 40.5. The van der Waals surface area contributed by atoms with Crippen molar-refractivity contribution in [3.05, 3.63) is 11.6 Å². The third kappa shape index (κ3) is 15.0. The number of imidazole rings is 1. The topological polar surface area (TPSA) is 202 Å². The monoisotopic (exact) mass is 844 g/mol. The highest BCUT2D eigenvalue weighted by atomic mass is 35.5. The van der Waals surface area contributed by atoms with Crippen molar-refractivity contribution in [1.29, 1.82) is 0 Å². The molecule has 3 heterocycles. The molecule has 0 aliphatic carbocycles. The first-order chi connectivity index (χ1) is 26.2. The molecule has 1 saturated heterocycles. The van der Waals surface area contributed by atoms with Gasteiger partial charge in [-0.2, -0.15) is 9.97 Å². The van der Waals surface area contributed by atoms with Crippen LogP contribution in [0.3, 0.4) is 0 Å². The van der Waals surface area contributed by atoms with E-state index in [0.29, 0.717) is 12.8 Å². The molecule has 0 radical (unpaired) electrons. The van der Waals surface area contributed by atoms with E-state index in [2.05, 4.69) is 28.8 Å². The molecule has 19 heteroatoms. The van der Waals surface area contributed by atoms with Crippen LogP contribution in [0.5, 0.6) is 5.88 Å². The minimum absolute atomic E-state index is 0.0185. The van der Waals surface area contributed by atoms with E-state index in [0.717, 1.165) is 62.3 Å². The molecule has 15 nitrogen and oxygen atoms in total. The molecule has 0 spiro atoms. The van der Waals surface area contributed by atoms with Gasteiger partial charge in [0.2, 0.25) is 11.2 Å². The minimum Gasteiger partial charge on any atom is -0.479 e. The predicted molar refractivity (Wildman–Crippen MR) is 207 cm³/mol. The largest absolute Gasteiger partial charge is 0.479 e. The normalized spacial score (nSPS) is 22.6. The molecule has 1 fully saturated rings. The summed E-state index contributed by atoms with van der Waals surface area (Å²) >= 11 is 5.94. The highest BCUT2D eigenvalue weighted by Crippen LogP contribution is 2.46. The molecule has 3 rings (SSSR count). The van der Waals surface area contributed by atoms with Crippen molar-refractivity contribution in [3.8, 4) is 5.88 Å². The van der Waals surface area contributed by atoms with Gasteiger partial charge in [-0.3, -0.25) is 13.6 Å². The average molecular weight is 845 g/mol. The van der Waals surface area contributed by atoms with Crippen LogP contribution in [-0.2, 0) is 32.9 Å². The van der Waals surface area contributed by atoms with E-state index in [-0.39, 0.29) is 47.7 Å². The molecule has 1 aliphatic heterocycles. The van der Waals surface area contributed by atoms with Crippen LogP contribution in [0.15, 0.2) is 6.33 Å². The van der Waals surface area contributed by atoms with Gasteiger partial charge in [-0.15, -0.1) is 0 Å². The lowest BCUT2D eigenvalue weighted by atomic mass is 10.1. The number of ether oxygens (including phenoxy) is 3. The average Bonchev–Trinajstić information content (AvgIpc) is 3.65. The lowest BCUT2D eigenvalue weighted by Crippen LogP contribution is -2.43. The van der Waals surface area contributed by atoms with Gasteiger partial charge in [0.1, 0.15) is 12.2 Å². The smallest absolute Gasteiger partial charge is 0.472 e. The Morgan fingerprint density at radius 3 is 2.18 bits per heavy atom. The summed E-state index contributed by atoms with van der Waals surface area (Å²) in [7, 11) is -6.83. The summed E-state index contributed by atoms with van der Waals surface area (Å²) in [6.07, 6.45) is 11.6. The molecule has 1 aliphatic rings. The number of unbranched alkanes of at least 4 members (excludes halogenated alkanes) is 13. The number of sulfone groups is 1. The number of fused-ring (bicyclic) bond motifs is 1. The van der Waals surface area contributed by atoms with Crippen molar-refractivity contribution in [2.45, 2.75) is 166 Å². The molecular formula is C36H63ClFN4O11PS. The van der Waals surface area contributed by atoms with Crippen molar-refractivity contribution in [2.24, 2.45) is 0 Å². The third-order valence-electron chi connectivity index (χ3n) is 9.91. The number of phosphoric ester groups is 1. The first-order valence-electron chi connectivity index (χ1n) is 19.8. The van der Waals surface area contributed by atoms with E-state index in [1.807, 2.05) is 0 Å². The number of phosphoric acid groups is 1. The van der Waals surface area contributed by atoms with Crippen LogP contribution in [0.1, 0.15) is 136 Å². The van der Waals surface area contributed by atoms with Crippen LogP contribution in [0.25, 0.3) is 11.2 Å². The van der Waals surface area contributed by atoms with Crippen molar-refractivity contribution in [2.75, 3.05) is 32.7 Å². The van der Waals surface area contributed by atoms with E-state index in [4.69, 9.17) is 34.9 Å². The van der Waals surface area contributed by atoms with E-state index in [9.17, 15) is 28.1 Å². The van der Waals surface area contributed by atoms with Crippen LogP contribution in [0, 0.1) is 0 Å². The standard InChI is InChI=1S/C36H63ClFN4O11PS/c1-5-7-9-11-12-13-14-15-17-19-24-55(47,48)29(21-18-16-10-8-6-2)27(3)50-22-20-23-51-54(45,46)52-25-28-31(43)36(38,44)34(53-28)42-26-39-30-32(42)40-35(37)41-33(30)49-4/h26-29,31,34,43-44H,5-25H2,1-4H3,(H,45,46)/t27?,28-,29?,31-,34-,36+/m1/s1. The molecule has 0 saturated carbocycles. The Hall–Kier alpha value is -1.53. The number of alkyl halides is 1. The van der Waals surface area contributed by atoms with E-state index in [1.165, 1.54) is 45.6 Å². The first-order valence-corrected chi connectivity index (χ1v) is 23.4. The Morgan fingerprint density at radius 1 is 0.964 bits per heavy atom. The van der Waals surface area contributed by atoms with Crippen LogP contribution < -0.4 is 4.74 Å². The quantitative estimate of drug-likeness (QED) is 0.0399. The van der Waals surface area contributed by atoms with Gasteiger partial charge in [0.25, 0.3) is 5.85 Å². The van der Waals surface area contributed by atoms with Crippen molar-refractivity contribution in [1.82, 2.24) is 19.5 Å². The summed E-state index contributed by atoms with van der Waals surface area (Å²) in [5, 5.41) is 20.1. The Morgan fingerprint density at radius 2 is 1.56 bits per heavy atom. The number of rotatable bonds is 30. The van der Waals surface area contributed by atoms with Crippen LogP contribution in [-0.4, -0.2) is 105 Å². The molecule has 0 bridgehead atoms. The first kappa shape index (κ1) is 47.8. The predicted octanol–water partition coefficient (Wildman–Crippen LogP) is 7.40. The number of halogens is 2. The van der Waals surface area contributed by atoms with Gasteiger partial charge in [-0.25, -0.2) is 22.4 Å². The Labute approximate surface area is 330 Å². The lowest BCUT2D eigenvalue weighted by Gasteiger charge is -2.25. The molecule has 2 aromatic rings. The lowest BCUT2D eigenvalue weighted by molar-refractivity contribution is -0.195. The summed E-state index contributed by atoms with van der Waals surface area (Å²) in [5.41, 5.74) is 0.0143. The number of hydrogen-bond donors (Lipinski definition) is 3.